The van der Waals surface area contributed by atoms with Crippen LogP contribution in [-0.2, 0) is 0 Å². The minimum atomic E-state index is 0.434. The van der Waals surface area contributed by atoms with E-state index < -0.39 is 0 Å². The monoisotopic (exact) mass is 375 g/mol. The van der Waals surface area contributed by atoms with Gasteiger partial charge in [0, 0.05) is 17.6 Å². The van der Waals surface area contributed by atoms with Gasteiger partial charge in [0.25, 0.3) is 0 Å². The molecule has 1 aromatic carbocycles. The summed E-state index contributed by atoms with van der Waals surface area (Å²) in [4.78, 5) is 4.33. The van der Waals surface area contributed by atoms with Crippen molar-refractivity contribution >= 4 is 56.5 Å². The second kappa shape index (κ2) is 6.52. The maximum absolute atomic E-state index is 6.15. The van der Waals surface area contributed by atoms with Gasteiger partial charge in [-0.05, 0) is 34.1 Å². The lowest BCUT2D eigenvalue weighted by atomic mass is 10.3. The number of nitrogens with one attached hydrogen (secondary N) is 2. The molecule has 1 heterocycles. The Morgan fingerprint density at radius 3 is 2.50 bits per heavy atom. The van der Waals surface area contributed by atoms with Crippen LogP contribution >= 0.6 is 39.1 Å². The number of rotatable bonds is 4. The standard InChI is InChI=1S/C13H12BrCl2N3O/c1-17-12-9(15)6-10(16)13(19-12)18-11-5-7(20-2)3-4-8(11)14/h3-6H,1-2H3,(H2,17,18,19). The van der Waals surface area contributed by atoms with E-state index in [1.54, 1.807) is 20.2 Å². The summed E-state index contributed by atoms with van der Waals surface area (Å²) in [5, 5.41) is 6.96. The van der Waals surface area contributed by atoms with E-state index in [-0.39, 0.29) is 0 Å². The number of ether oxygens (including phenoxy) is 1. The second-order valence-electron chi connectivity index (χ2n) is 3.87. The third kappa shape index (κ3) is 3.29. The van der Waals surface area contributed by atoms with Crippen LogP contribution in [0.5, 0.6) is 5.75 Å². The van der Waals surface area contributed by atoms with Crippen molar-refractivity contribution in [3.05, 3.63) is 38.8 Å². The molecule has 2 aromatic rings. The van der Waals surface area contributed by atoms with E-state index in [1.807, 2.05) is 18.2 Å². The van der Waals surface area contributed by atoms with Crippen LogP contribution in [0.2, 0.25) is 10.0 Å². The van der Waals surface area contributed by atoms with Crippen LogP contribution in [0, 0.1) is 0 Å². The van der Waals surface area contributed by atoms with Gasteiger partial charge in [0.1, 0.15) is 11.6 Å². The van der Waals surface area contributed by atoms with Crippen LogP contribution in [0.1, 0.15) is 0 Å². The molecule has 2 rings (SSSR count). The number of hydrogen-bond donors (Lipinski definition) is 2. The Kier molecular flexibility index (Phi) is 4.96. The van der Waals surface area contributed by atoms with Crippen molar-refractivity contribution in [2.75, 3.05) is 24.8 Å². The molecule has 0 aliphatic carbocycles. The molecule has 106 valence electrons. The molecule has 0 atom stereocenters. The molecule has 0 amide bonds. The van der Waals surface area contributed by atoms with Gasteiger partial charge in [0.15, 0.2) is 5.82 Å². The van der Waals surface area contributed by atoms with Crippen LogP contribution in [-0.4, -0.2) is 19.1 Å². The zero-order valence-electron chi connectivity index (χ0n) is 10.8. The van der Waals surface area contributed by atoms with Crippen molar-refractivity contribution < 1.29 is 4.74 Å². The van der Waals surface area contributed by atoms with Gasteiger partial charge in [-0.25, -0.2) is 4.98 Å². The first-order valence-electron chi connectivity index (χ1n) is 5.69. The molecule has 0 radical (unpaired) electrons. The Labute approximate surface area is 135 Å². The van der Waals surface area contributed by atoms with E-state index in [9.17, 15) is 0 Å². The van der Waals surface area contributed by atoms with E-state index in [4.69, 9.17) is 27.9 Å². The smallest absolute Gasteiger partial charge is 0.151 e. The lowest BCUT2D eigenvalue weighted by molar-refractivity contribution is 0.415. The minimum Gasteiger partial charge on any atom is -0.497 e. The fourth-order valence-electron chi connectivity index (χ4n) is 1.58. The van der Waals surface area contributed by atoms with Gasteiger partial charge in [-0.3, -0.25) is 0 Å². The molecule has 0 unspecified atom stereocenters. The molecule has 20 heavy (non-hydrogen) atoms. The molecule has 1 aromatic heterocycles. The van der Waals surface area contributed by atoms with Gasteiger partial charge in [0.2, 0.25) is 0 Å². The largest absolute Gasteiger partial charge is 0.497 e. The van der Waals surface area contributed by atoms with Crippen molar-refractivity contribution in [1.29, 1.82) is 0 Å². The zero-order chi connectivity index (χ0) is 14.7. The lowest BCUT2D eigenvalue weighted by Gasteiger charge is -2.13. The minimum absolute atomic E-state index is 0.434. The average molecular weight is 377 g/mol. The zero-order valence-corrected chi connectivity index (χ0v) is 13.9. The molecule has 2 N–H and O–H groups in total. The molecular formula is C13H12BrCl2N3O. The van der Waals surface area contributed by atoms with Crippen LogP contribution in [0.3, 0.4) is 0 Å². The molecule has 7 heteroatoms. The first-order valence-corrected chi connectivity index (χ1v) is 7.24. The maximum Gasteiger partial charge on any atom is 0.151 e. The number of hydrogen-bond acceptors (Lipinski definition) is 4. The first-order chi connectivity index (χ1) is 9.55. The van der Waals surface area contributed by atoms with Gasteiger partial charge in [-0.2, -0.15) is 0 Å². The number of benzene rings is 1. The number of halogens is 3. The summed E-state index contributed by atoms with van der Waals surface area (Å²) in [7, 11) is 3.35. The molecule has 0 fully saturated rings. The first kappa shape index (κ1) is 15.2. The summed E-state index contributed by atoms with van der Waals surface area (Å²) < 4.78 is 6.07. The van der Waals surface area contributed by atoms with E-state index in [2.05, 4.69) is 31.5 Å². The lowest BCUT2D eigenvalue weighted by Crippen LogP contribution is -2.00. The second-order valence-corrected chi connectivity index (χ2v) is 5.54. The van der Waals surface area contributed by atoms with Gasteiger partial charge >= 0.3 is 0 Å². The van der Waals surface area contributed by atoms with Gasteiger partial charge in [0.05, 0.1) is 22.8 Å². The highest BCUT2D eigenvalue weighted by atomic mass is 79.9. The van der Waals surface area contributed by atoms with Crippen LogP contribution in [0.4, 0.5) is 17.3 Å². The fourth-order valence-corrected chi connectivity index (χ4v) is 2.43. The summed E-state index contributed by atoms with van der Waals surface area (Å²) in [5.74, 6) is 1.79. The third-order valence-corrected chi connectivity index (χ3v) is 3.86. The van der Waals surface area contributed by atoms with Gasteiger partial charge < -0.3 is 15.4 Å². The maximum atomic E-state index is 6.15. The van der Waals surface area contributed by atoms with Gasteiger partial charge in [-0.1, -0.05) is 23.2 Å². The fraction of sp³-hybridized carbons (Fsp3) is 0.154. The average Bonchev–Trinajstić information content (AvgIpc) is 2.44. The number of nitrogens with zero attached hydrogens (tertiary/aromatic N) is 1. The summed E-state index contributed by atoms with van der Waals surface area (Å²) in [6.07, 6.45) is 0. The summed E-state index contributed by atoms with van der Waals surface area (Å²) in [6.45, 7) is 0. The van der Waals surface area contributed by atoms with Crippen molar-refractivity contribution in [1.82, 2.24) is 4.98 Å². The molecule has 0 aliphatic heterocycles. The van der Waals surface area contributed by atoms with Crippen molar-refractivity contribution in [3.63, 3.8) is 0 Å². The Bertz CT molecular complexity index is 637. The number of anilines is 3. The van der Waals surface area contributed by atoms with Crippen molar-refractivity contribution in [2.45, 2.75) is 0 Å². The SMILES string of the molecule is CNc1nc(Nc2cc(OC)ccc2Br)c(Cl)cc1Cl. The molecule has 0 saturated carbocycles. The number of methoxy groups -OCH3 is 1. The highest BCUT2D eigenvalue weighted by molar-refractivity contribution is 9.10. The summed E-state index contributed by atoms with van der Waals surface area (Å²) >= 11 is 15.6. The predicted octanol–water partition coefficient (Wildman–Crippen LogP) is 4.94. The molecule has 0 bridgehead atoms. The molecule has 4 nitrogen and oxygen atoms in total. The number of pyridine rings is 1. The Morgan fingerprint density at radius 2 is 1.85 bits per heavy atom. The van der Waals surface area contributed by atoms with Crippen LogP contribution in [0.15, 0.2) is 28.7 Å². The normalized spacial score (nSPS) is 10.2. The summed E-state index contributed by atoms with van der Waals surface area (Å²) in [5.41, 5.74) is 0.795. The molecular weight excluding hydrogens is 365 g/mol. The Hall–Kier alpha value is -1.17. The van der Waals surface area contributed by atoms with Crippen molar-refractivity contribution in [2.24, 2.45) is 0 Å². The topological polar surface area (TPSA) is 46.2 Å². The molecule has 0 spiro atoms. The molecule has 0 saturated heterocycles. The third-order valence-electron chi connectivity index (χ3n) is 2.59. The highest BCUT2D eigenvalue weighted by Gasteiger charge is 2.10. The Morgan fingerprint density at radius 1 is 1.15 bits per heavy atom. The Balaban J connectivity index is 2.39. The van der Waals surface area contributed by atoms with E-state index in [0.29, 0.717) is 21.7 Å². The van der Waals surface area contributed by atoms with Gasteiger partial charge in [-0.15, -0.1) is 0 Å². The van der Waals surface area contributed by atoms with E-state index in [1.165, 1.54) is 0 Å². The highest BCUT2D eigenvalue weighted by Crippen LogP contribution is 2.34. The van der Waals surface area contributed by atoms with Crippen LogP contribution < -0.4 is 15.4 Å². The van der Waals surface area contributed by atoms with E-state index >= 15 is 0 Å². The molecule has 0 aliphatic rings. The van der Waals surface area contributed by atoms with Crippen LogP contribution in [0.25, 0.3) is 0 Å². The van der Waals surface area contributed by atoms with Crippen molar-refractivity contribution in [3.8, 4) is 5.75 Å². The predicted molar refractivity (Wildman–Crippen MR) is 87.8 cm³/mol. The van der Waals surface area contributed by atoms with E-state index in [0.717, 1.165) is 15.9 Å². The summed E-state index contributed by atoms with van der Waals surface area (Å²) in [6, 6.07) is 7.21. The number of aromatic nitrogens is 1. The quantitative estimate of drug-likeness (QED) is 0.792.